The molecular formula is C14H29NO. The van der Waals surface area contributed by atoms with Crippen molar-refractivity contribution >= 4 is 0 Å². The Balaban J connectivity index is 2.52. The van der Waals surface area contributed by atoms with Gasteiger partial charge in [0.25, 0.3) is 0 Å². The van der Waals surface area contributed by atoms with Crippen LogP contribution in [0.4, 0.5) is 0 Å². The van der Waals surface area contributed by atoms with Crippen molar-refractivity contribution < 1.29 is 5.11 Å². The van der Waals surface area contributed by atoms with E-state index >= 15 is 0 Å². The van der Waals surface area contributed by atoms with Gasteiger partial charge in [-0.15, -0.1) is 0 Å². The molecule has 2 nitrogen and oxygen atoms in total. The SMILES string of the molecule is CCN(CC)C(C)(CC)C(O)CCC1CC1. The summed E-state index contributed by atoms with van der Waals surface area (Å²) in [6.45, 7) is 10.8. The maximum atomic E-state index is 10.4. The van der Waals surface area contributed by atoms with Gasteiger partial charge in [-0.3, -0.25) is 4.90 Å². The molecule has 0 aromatic heterocycles. The molecule has 1 aliphatic carbocycles. The first kappa shape index (κ1) is 14.0. The number of nitrogens with zero attached hydrogens (tertiary/aromatic N) is 1. The highest BCUT2D eigenvalue weighted by atomic mass is 16.3. The molecule has 0 radical (unpaired) electrons. The lowest BCUT2D eigenvalue weighted by atomic mass is 9.86. The molecule has 1 saturated carbocycles. The van der Waals surface area contributed by atoms with Crippen LogP contribution in [0.25, 0.3) is 0 Å². The van der Waals surface area contributed by atoms with E-state index in [4.69, 9.17) is 0 Å². The highest BCUT2D eigenvalue weighted by Crippen LogP contribution is 2.36. The zero-order chi connectivity index (χ0) is 12.2. The van der Waals surface area contributed by atoms with Crippen LogP contribution >= 0.6 is 0 Å². The fourth-order valence-electron chi connectivity index (χ4n) is 2.73. The van der Waals surface area contributed by atoms with Crippen molar-refractivity contribution in [1.29, 1.82) is 0 Å². The van der Waals surface area contributed by atoms with Crippen LogP contribution in [0.3, 0.4) is 0 Å². The number of aliphatic hydroxyl groups excluding tert-OH is 1. The fourth-order valence-corrected chi connectivity index (χ4v) is 2.73. The summed E-state index contributed by atoms with van der Waals surface area (Å²) >= 11 is 0. The van der Waals surface area contributed by atoms with Gasteiger partial charge in [0.1, 0.15) is 0 Å². The molecule has 0 amide bonds. The van der Waals surface area contributed by atoms with Gasteiger partial charge >= 0.3 is 0 Å². The van der Waals surface area contributed by atoms with Gasteiger partial charge in [-0.1, -0.05) is 33.6 Å². The predicted octanol–water partition coefficient (Wildman–Crippen LogP) is 3.05. The van der Waals surface area contributed by atoms with Gasteiger partial charge < -0.3 is 5.11 Å². The lowest BCUT2D eigenvalue weighted by molar-refractivity contribution is -0.0252. The Morgan fingerprint density at radius 1 is 1.25 bits per heavy atom. The second-order valence-electron chi connectivity index (χ2n) is 5.42. The van der Waals surface area contributed by atoms with Gasteiger partial charge in [0.2, 0.25) is 0 Å². The Morgan fingerprint density at radius 2 is 1.81 bits per heavy atom. The van der Waals surface area contributed by atoms with Gasteiger partial charge in [-0.2, -0.15) is 0 Å². The minimum Gasteiger partial charge on any atom is -0.391 e. The summed E-state index contributed by atoms with van der Waals surface area (Å²) in [6.07, 6.45) is 5.84. The van der Waals surface area contributed by atoms with Gasteiger partial charge in [-0.25, -0.2) is 0 Å². The van der Waals surface area contributed by atoms with Crippen LogP contribution in [0.5, 0.6) is 0 Å². The molecule has 2 atom stereocenters. The largest absolute Gasteiger partial charge is 0.391 e. The molecule has 1 aliphatic rings. The van der Waals surface area contributed by atoms with Crippen LogP contribution in [0, 0.1) is 5.92 Å². The molecule has 96 valence electrons. The molecule has 0 spiro atoms. The number of hydrogen-bond acceptors (Lipinski definition) is 2. The van der Waals surface area contributed by atoms with E-state index in [9.17, 15) is 5.11 Å². The van der Waals surface area contributed by atoms with Gasteiger partial charge in [0.15, 0.2) is 0 Å². The molecule has 0 aromatic rings. The zero-order valence-electron chi connectivity index (χ0n) is 11.5. The fraction of sp³-hybridized carbons (Fsp3) is 1.00. The number of rotatable bonds is 8. The molecule has 16 heavy (non-hydrogen) atoms. The normalized spacial score (nSPS) is 22.1. The van der Waals surface area contributed by atoms with E-state index in [2.05, 4.69) is 32.6 Å². The quantitative estimate of drug-likeness (QED) is 0.689. The van der Waals surface area contributed by atoms with Gasteiger partial charge in [-0.05, 0) is 45.2 Å². The third kappa shape index (κ3) is 3.21. The van der Waals surface area contributed by atoms with E-state index < -0.39 is 0 Å². The van der Waals surface area contributed by atoms with Crippen molar-refractivity contribution in [2.24, 2.45) is 5.92 Å². The van der Waals surface area contributed by atoms with Crippen molar-refractivity contribution in [1.82, 2.24) is 4.90 Å². The topological polar surface area (TPSA) is 23.5 Å². The maximum absolute atomic E-state index is 10.4. The van der Waals surface area contributed by atoms with Gasteiger partial charge in [0, 0.05) is 5.54 Å². The Labute approximate surface area is 101 Å². The zero-order valence-corrected chi connectivity index (χ0v) is 11.5. The van der Waals surface area contributed by atoms with Crippen LogP contribution in [0.15, 0.2) is 0 Å². The number of hydrogen-bond donors (Lipinski definition) is 1. The minimum absolute atomic E-state index is 0.0294. The van der Waals surface area contributed by atoms with E-state index in [1.54, 1.807) is 0 Å². The molecule has 1 fully saturated rings. The molecule has 0 saturated heterocycles. The van der Waals surface area contributed by atoms with E-state index in [1.807, 2.05) is 0 Å². The third-order valence-electron chi connectivity index (χ3n) is 4.46. The van der Waals surface area contributed by atoms with Gasteiger partial charge in [0.05, 0.1) is 6.10 Å². The Hall–Kier alpha value is -0.0800. The Morgan fingerprint density at radius 3 is 2.19 bits per heavy atom. The van der Waals surface area contributed by atoms with Crippen molar-refractivity contribution in [3.63, 3.8) is 0 Å². The summed E-state index contributed by atoms with van der Waals surface area (Å²) < 4.78 is 0. The first-order valence-electron chi connectivity index (χ1n) is 7.01. The van der Waals surface area contributed by atoms with Crippen LogP contribution < -0.4 is 0 Å². The minimum atomic E-state index is -0.169. The standard InChI is InChI=1S/C14H29NO/c1-5-14(4,15(6-2)7-3)13(16)11-10-12-8-9-12/h12-13,16H,5-11H2,1-4H3. The number of aliphatic hydroxyl groups is 1. The molecule has 0 heterocycles. The highest BCUT2D eigenvalue weighted by molar-refractivity contribution is 4.92. The molecule has 0 aromatic carbocycles. The molecule has 0 aliphatic heterocycles. The van der Waals surface area contributed by atoms with Crippen LogP contribution in [0.1, 0.15) is 59.8 Å². The van der Waals surface area contributed by atoms with E-state index in [-0.39, 0.29) is 11.6 Å². The summed E-state index contributed by atoms with van der Waals surface area (Å²) in [4.78, 5) is 2.41. The van der Waals surface area contributed by atoms with Crippen molar-refractivity contribution in [3.8, 4) is 0 Å². The predicted molar refractivity (Wildman–Crippen MR) is 69.6 cm³/mol. The maximum Gasteiger partial charge on any atom is 0.0721 e. The number of likely N-dealkylation sites (N-methyl/N-ethyl adjacent to an activating group) is 1. The second-order valence-corrected chi connectivity index (χ2v) is 5.42. The lowest BCUT2D eigenvalue weighted by Crippen LogP contribution is -2.54. The molecular weight excluding hydrogens is 198 g/mol. The van der Waals surface area contributed by atoms with Crippen molar-refractivity contribution in [2.75, 3.05) is 13.1 Å². The van der Waals surface area contributed by atoms with Crippen LogP contribution in [0.2, 0.25) is 0 Å². The average molecular weight is 227 g/mol. The molecule has 0 bridgehead atoms. The van der Waals surface area contributed by atoms with Crippen LogP contribution in [-0.2, 0) is 0 Å². The molecule has 2 heteroatoms. The second kappa shape index (κ2) is 6.02. The Bertz CT molecular complexity index is 199. The lowest BCUT2D eigenvalue weighted by Gasteiger charge is -2.43. The van der Waals surface area contributed by atoms with E-state index in [0.29, 0.717) is 0 Å². The first-order valence-corrected chi connectivity index (χ1v) is 7.01. The van der Waals surface area contributed by atoms with Crippen LogP contribution in [-0.4, -0.2) is 34.7 Å². The monoisotopic (exact) mass is 227 g/mol. The average Bonchev–Trinajstić information content (AvgIpc) is 3.10. The summed E-state index contributed by atoms with van der Waals surface area (Å²) in [5.74, 6) is 0.924. The summed E-state index contributed by atoms with van der Waals surface area (Å²) in [5.41, 5.74) is -0.0294. The highest BCUT2D eigenvalue weighted by Gasteiger charge is 2.36. The molecule has 1 rings (SSSR count). The van der Waals surface area contributed by atoms with E-state index in [1.165, 1.54) is 19.3 Å². The molecule has 1 N–H and O–H groups in total. The summed E-state index contributed by atoms with van der Waals surface area (Å²) in [5, 5.41) is 10.4. The molecule has 2 unspecified atom stereocenters. The first-order chi connectivity index (χ1) is 7.58. The van der Waals surface area contributed by atoms with E-state index in [0.717, 1.165) is 31.8 Å². The summed E-state index contributed by atoms with van der Waals surface area (Å²) in [6, 6.07) is 0. The Kier molecular flexibility index (Phi) is 5.26. The third-order valence-corrected chi connectivity index (χ3v) is 4.46. The van der Waals surface area contributed by atoms with Crippen molar-refractivity contribution in [3.05, 3.63) is 0 Å². The van der Waals surface area contributed by atoms with Crippen molar-refractivity contribution in [2.45, 2.75) is 71.4 Å². The summed E-state index contributed by atoms with van der Waals surface area (Å²) in [7, 11) is 0. The smallest absolute Gasteiger partial charge is 0.0721 e.